The number of aliphatic hydroxyl groups is 3. The van der Waals surface area contributed by atoms with Gasteiger partial charge in [-0.2, -0.15) is 0 Å². The lowest BCUT2D eigenvalue weighted by Crippen LogP contribution is -2.20. The average molecular weight is 369 g/mol. The van der Waals surface area contributed by atoms with Crippen molar-refractivity contribution in [3.63, 3.8) is 0 Å². The van der Waals surface area contributed by atoms with Crippen LogP contribution in [-0.4, -0.2) is 46.7 Å². The fourth-order valence-corrected chi connectivity index (χ4v) is 3.50. The molecule has 3 N–H and O–H groups in total. The second kappa shape index (κ2) is 13.1. The van der Waals surface area contributed by atoms with E-state index in [0.29, 0.717) is 19.3 Å². The first-order chi connectivity index (χ1) is 12.5. The summed E-state index contributed by atoms with van der Waals surface area (Å²) in [5.74, 6) is -0.373. The van der Waals surface area contributed by atoms with E-state index in [4.69, 9.17) is 0 Å². The molecule has 0 aromatic carbocycles. The number of hydrogen-bond donors (Lipinski definition) is 3. The molecule has 26 heavy (non-hydrogen) atoms. The average Bonchev–Trinajstić information content (AvgIpc) is 2.89. The molecule has 0 amide bonds. The number of rotatable bonds is 12. The standard InChI is InChI=1S/C21H36O5/c1-3-4-7-10-16(22)13-14-18-17(19(23)15-20(18)24)11-8-5-6-9-12-21(25)26-2/h5,8,13-14,16-20,22-24H,3-4,6-7,9-12,15H2,1-2H3/b8-5+,14-13?/t16-,17+,18+,19-,20+/m0/s1. The van der Waals surface area contributed by atoms with Gasteiger partial charge in [-0.15, -0.1) is 0 Å². The van der Waals surface area contributed by atoms with Gasteiger partial charge < -0.3 is 20.1 Å². The van der Waals surface area contributed by atoms with Gasteiger partial charge in [-0.05, 0) is 31.6 Å². The number of carbonyl (C=O) groups is 1. The summed E-state index contributed by atoms with van der Waals surface area (Å²) in [6.07, 6.45) is 13.1. The molecule has 0 aliphatic heterocycles. The molecule has 1 saturated carbocycles. The van der Waals surface area contributed by atoms with Crippen LogP contribution >= 0.6 is 0 Å². The van der Waals surface area contributed by atoms with Crippen molar-refractivity contribution < 1.29 is 24.9 Å². The first-order valence-electron chi connectivity index (χ1n) is 9.93. The second-order valence-corrected chi connectivity index (χ2v) is 7.24. The van der Waals surface area contributed by atoms with E-state index in [9.17, 15) is 20.1 Å². The summed E-state index contributed by atoms with van der Waals surface area (Å²) >= 11 is 0. The third-order valence-electron chi connectivity index (χ3n) is 5.13. The minimum Gasteiger partial charge on any atom is -0.469 e. The number of carbonyl (C=O) groups excluding carboxylic acids is 1. The van der Waals surface area contributed by atoms with E-state index in [1.54, 1.807) is 6.08 Å². The summed E-state index contributed by atoms with van der Waals surface area (Å²) in [7, 11) is 1.39. The van der Waals surface area contributed by atoms with Crippen LogP contribution in [0, 0.1) is 11.8 Å². The van der Waals surface area contributed by atoms with E-state index in [1.807, 2.05) is 18.2 Å². The van der Waals surface area contributed by atoms with Crippen molar-refractivity contribution in [3.8, 4) is 0 Å². The van der Waals surface area contributed by atoms with Gasteiger partial charge in [0.1, 0.15) is 0 Å². The van der Waals surface area contributed by atoms with Crippen molar-refractivity contribution in [2.24, 2.45) is 11.8 Å². The summed E-state index contributed by atoms with van der Waals surface area (Å²) in [4.78, 5) is 11.1. The van der Waals surface area contributed by atoms with Crippen LogP contribution in [0.1, 0.15) is 64.7 Å². The fourth-order valence-electron chi connectivity index (χ4n) is 3.50. The molecule has 5 nitrogen and oxygen atoms in total. The minimum absolute atomic E-state index is 0.0408. The Bertz CT molecular complexity index is 446. The van der Waals surface area contributed by atoms with Crippen LogP contribution in [0.25, 0.3) is 0 Å². The van der Waals surface area contributed by atoms with Crippen molar-refractivity contribution in [3.05, 3.63) is 24.3 Å². The third kappa shape index (κ3) is 8.47. The fraction of sp³-hybridized carbons (Fsp3) is 0.762. The molecule has 0 unspecified atom stereocenters. The van der Waals surface area contributed by atoms with Crippen LogP contribution in [-0.2, 0) is 9.53 Å². The van der Waals surface area contributed by atoms with Crippen molar-refractivity contribution >= 4 is 5.97 Å². The number of ether oxygens (including phenoxy) is 1. The molecular formula is C21H36O5. The molecule has 0 radical (unpaired) electrons. The Kier molecular flexibility index (Phi) is 11.5. The quantitative estimate of drug-likeness (QED) is 0.280. The maximum Gasteiger partial charge on any atom is 0.305 e. The Morgan fingerprint density at radius 1 is 1.19 bits per heavy atom. The maximum absolute atomic E-state index is 11.1. The zero-order chi connectivity index (χ0) is 19.4. The molecule has 5 atom stereocenters. The van der Waals surface area contributed by atoms with Gasteiger partial charge in [0.05, 0.1) is 25.4 Å². The van der Waals surface area contributed by atoms with Gasteiger partial charge in [-0.3, -0.25) is 4.79 Å². The molecule has 1 fully saturated rings. The summed E-state index contributed by atoms with van der Waals surface area (Å²) in [5.41, 5.74) is 0. The lowest BCUT2D eigenvalue weighted by molar-refractivity contribution is -0.140. The summed E-state index contributed by atoms with van der Waals surface area (Å²) in [6, 6.07) is 0. The highest BCUT2D eigenvalue weighted by Gasteiger charge is 2.39. The normalized spacial score (nSPS) is 27.4. The SMILES string of the molecule is CCCCC[C@H](O)C=C[C@@H]1[C@@H](C/C=C/CCCC(=O)OC)[C@@H](O)C[C@H]1O. The number of methoxy groups -OCH3 is 1. The van der Waals surface area contributed by atoms with Gasteiger partial charge in [-0.25, -0.2) is 0 Å². The Hall–Kier alpha value is -1.17. The Morgan fingerprint density at radius 2 is 1.96 bits per heavy atom. The van der Waals surface area contributed by atoms with E-state index < -0.39 is 18.3 Å². The van der Waals surface area contributed by atoms with Crippen LogP contribution < -0.4 is 0 Å². The van der Waals surface area contributed by atoms with Crippen LogP contribution in [0.4, 0.5) is 0 Å². The molecular weight excluding hydrogens is 332 g/mol. The van der Waals surface area contributed by atoms with E-state index >= 15 is 0 Å². The van der Waals surface area contributed by atoms with Crippen LogP contribution in [0.3, 0.4) is 0 Å². The molecule has 0 heterocycles. The first-order valence-corrected chi connectivity index (χ1v) is 9.93. The molecule has 1 rings (SSSR count). The summed E-state index contributed by atoms with van der Waals surface area (Å²) in [5, 5.41) is 30.5. The topological polar surface area (TPSA) is 87.0 Å². The predicted octanol–water partition coefficient (Wildman–Crippen LogP) is 3.13. The zero-order valence-electron chi connectivity index (χ0n) is 16.2. The zero-order valence-corrected chi connectivity index (χ0v) is 16.2. The van der Waals surface area contributed by atoms with E-state index in [-0.39, 0.29) is 17.8 Å². The largest absolute Gasteiger partial charge is 0.469 e. The Balaban J connectivity index is 2.44. The van der Waals surface area contributed by atoms with Crippen LogP contribution in [0.15, 0.2) is 24.3 Å². The van der Waals surface area contributed by atoms with Crippen LogP contribution in [0.2, 0.25) is 0 Å². The predicted molar refractivity (Wildman–Crippen MR) is 103 cm³/mol. The number of hydrogen-bond acceptors (Lipinski definition) is 5. The summed E-state index contributed by atoms with van der Waals surface area (Å²) < 4.78 is 4.60. The van der Waals surface area contributed by atoms with E-state index in [0.717, 1.165) is 38.5 Å². The molecule has 0 saturated heterocycles. The lowest BCUT2D eigenvalue weighted by atomic mass is 9.89. The second-order valence-electron chi connectivity index (χ2n) is 7.24. The molecule has 1 aliphatic carbocycles. The highest BCUT2D eigenvalue weighted by atomic mass is 16.5. The van der Waals surface area contributed by atoms with Crippen LogP contribution in [0.5, 0.6) is 0 Å². The van der Waals surface area contributed by atoms with E-state index in [1.165, 1.54) is 7.11 Å². The van der Waals surface area contributed by atoms with Gasteiger partial charge in [0.2, 0.25) is 0 Å². The molecule has 150 valence electrons. The van der Waals surface area contributed by atoms with Crippen molar-refractivity contribution in [1.82, 2.24) is 0 Å². The highest BCUT2D eigenvalue weighted by molar-refractivity contribution is 5.69. The number of allylic oxidation sites excluding steroid dienone is 2. The van der Waals surface area contributed by atoms with Gasteiger partial charge in [0, 0.05) is 18.8 Å². The number of esters is 1. The molecule has 0 aromatic heterocycles. The smallest absolute Gasteiger partial charge is 0.305 e. The van der Waals surface area contributed by atoms with Crippen molar-refractivity contribution in [1.29, 1.82) is 0 Å². The molecule has 5 heteroatoms. The Labute approximate surface area is 157 Å². The molecule has 1 aliphatic rings. The third-order valence-corrected chi connectivity index (χ3v) is 5.13. The first kappa shape index (κ1) is 22.9. The van der Waals surface area contributed by atoms with Gasteiger partial charge >= 0.3 is 5.97 Å². The van der Waals surface area contributed by atoms with Gasteiger partial charge in [0.25, 0.3) is 0 Å². The molecule has 0 aromatic rings. The van der Waals surface area contributed by atoms with Gasteiger partial charge in [-0.1, -0.05) is 50.5 Å². The number of unbranched alkanes of at least 4 members (excludes halogenated alkanes) is 3. The minimum atomic E-state index is -0.568. The van der Waals surface area contributed by atoms with Crippen molar-refractivity contribution in [2.75, 3.05) is 7.11 Å². The Morgan fingerprint density at radius 3 is 2.65 bits per heavy atom. The molecule has 0 bridgehead atoms. The lowest BCUT2D eigenvalue weighted by Gasteiger charge is -2.19. The van der Waals surface area contributed by atoms with Crippen molar-refractivity contribution in [2.45, 2.75) is 83.0 Å². The maximum atomic E-state index is 11.1. The monoisotopic (exact) mass is 368 g/mol. The van der Waals surface area contributed by atoms with Gasteiger partial charge in [0.15, 0.2) is 0 Å². The molecule has 0 spiro atoms. The number of aliphatic hydroxyl groups excluding tert-OH is 3. The summed E-state index contributed by atoms with van der Waals surface area (Å²) in [6.45, 7) is 2.13. The van der Waals surface area contributed by atoms with E-state index in [2.05, 4.69) is 11.7 Å². The highest BCUT2D eigenvalue weighted by Crippen LogP contribution is 2.36.